The summed E-state index contributed by atoms with van der Waals surface area (Å²) in [6, 6.07) is 5.49. The van der Waals surface area contributed by atoms with Gasteiger partial charge in [0.15, 0.2) is 17.5 Å². The lowest BCUT2D eigenvalue weighted by Gasteiger charge is -2.24. The number of guanidine groups is 1. The first-order valence-electron chi connectivity index (χ1n) is 10.2. The predicted octanol–water partition coefficient (Wildman–Crippen LogP) is 2.57. The maximum Gasteiger partial charge on any atom is 0.193 e. The second-order valence-corrected chi connectivity index (χ2v) is 7.08. The summed E-state index contributed by atoms with van der Waals surface area (Å²) in [4.78, 5) is 9.75. The van der Waals surface area contributed by atoms with E-state index in [0.717, 1.165) is 56.6 Å². The van der Waals surface area contributed by atoms with Gasteiger partial charge in [-0.15, -0.1) is 0 Å². The molecular weight excluding hydrogens is 340 g/mol. The molecule has 2 rings (SSSR count). The molecule has 6 heteroatoms. The van der Waals surface area contributed by atoms with Crippen LogP contribution >= 0.6 is 0 Å². The van der Waals surface area contributed by atoms with Gasteiger partial charge in [-0.1, -0.05) is 19.9 Å². The fraction of sp³-hybridized carbons (Fsp3) is 0.667. The Morgan fingerprint density at radius 3 is 2.78 bits per heavy atom. The van der Waals surface area contributed by atoms with E-state index >= 15 is 0 Å². The average molecular weight is 377 g/mol. The van der Waals surface area contributed by atoms with Gasteiger partial charge in [0.25, 0.3) is 0 Å². The summed E-state index contributed by atoms with van der Waals surface area (Å²) >= 11 is 0. The van der Waals surface area contributed by atoms with Crippen LogP contribution in [-0.4, -0.2) is 73.8 Å². The fourth-order valence-corrected chi connectivity index (χ4v) is 3.62. The van der Waals surface area contributed by atoms with Gasteiger partial charge in [-0.25, -0.2) is 0 Å². The quantitative estimate of drug-likeness (QED) is 0.512. The Balaban J connectivity index is 1.92. The third kappa shape index (κ3) is 6.31. The number of benzene rings is 1. The minimum absolute atomic E-state index is 0.175. The molecule has 1 unspecified atom stereocenters. The number of rotatable bonds is 9. The van der Waals surface area contributed by atoms with E-state index < -0.39 is 0 Å². The van der Waals surface area contributed by atoms with Crippen LogP contribution in [0.1, 0.15) is 32.8 Å². The average Bonchev–Trinajstić information content (AvgIpc) is 3.15. The number of ether oxygens (including phenoxy) is 1. The molecule has 1 atom stereocenters. The number of aromatic hydroxyl groups is 1. The Kier molecular flexibility index (Phi) is 8.72. The van der Waals surface area contributed by atoms with Crippen molar-refractivity contribution >= 4 is 5.96 Å². The van der Waals surface area contributed by atoms with Gasteiger partial charge in [-0.3, -0.25) is 4.99 Å². The monoisotopic (exact) mass is 376 g/mol. The Hall–Kier alpha value is -1.95. The molecule has 0 bridgehead atoms. The molecule has 27 heavy (non-hydrogen) atoms. The first-order valence-corrected chi connectivity index (χ1v) is 10.2. The largest absolute Gasteiger partial charge is 0.504 e. The van der Waals surface area contributed by atoms with E-state index in [-0.39, 0.29) is 5.75 Å². The van der Waals surface area contributed by atoms with E-state index in [0.29, 0.717) is 12.3 Å². The highest BCUT2D eigenvalue weighted by Gasteiger charge is 2.25. The number of methoxy groups -OCH3 is 1. The lowest BCUT2D eigenvalue weighted by atomic mass is 10.1. The number of phenols is 1. The van der Waals surface area contributed by atoms with Gasteiger partial charge in [0.05, 0.1) is 7.11 Å². The number of hydrogen-bond donors (Lipinski definition) is 2. The molecule has 1 aromatic carbocycles. The Bertz CT molecular complexity index is 602. The summed E-state index contributed by atoms with van der Waals surface area (Å²) in [5.41, 5.74) is 1.12. The zero-order valence-corrected chi connectivity index (χ0v) is 17.4. The first kappa shape index (κ1) is 21.4. The summed E-state index contributed by atoms with van der Waals surface area (Å²) in [5.74, 6) is 2.43. The van der Waals surface area contributed by atoms with Crippen molar-refractivity contribution in [2.24, 2.45) is 10.9 Å². The van der Waals surface area contributed by atoms with Crippen molar-refractivity contribution in [1.82, 2.24) is 15.1 Å². The minimum Gasteiger partial charge on any atom is -0.504 e. The van der Waals surface area contributed by atoms with E-state index in [1.807, 2.05) is 12.1 Å². The number of phenolic OH excluding ortho intramolecular Hbond substituents is 1. The molecule has 1 aromatic rings. The molecule has 6 nitrogen and oxygen atoms in total. The summed E-state index contributed by atoms with van der Waals surface area (Å²) in [7, 11) is 1.57. The van der Waals surface area contributed by atoms with Crippen LogP contribution in [0, 0.1) is 5.92 Å². The SMILES string of the molecule is CCNC(=NCCc1ccc(O)c(OC)c1)N1CCC(CN(CC)CC)C1. The Morgan fingerprint density at radius 1 is 1.33 bits per heavy atom. The van der Waals surface area contributed by atoms with Gasteiger partial charge in [0.1, 0.15) is 0 Å². The molecule has 1 saturated heterocycles. The molecule has 1 heterocycles. The molecule has 0 aromatic heterocycles. The van der Waals surface area contributed by atoms with Crippen molar-refractivity contribution in [1.29, 1.82) is 0 Å². The molecule has 1 fully saturated rings. The van der Waals surface area contributed by atoms with Crippen molar-refractivity contribution in [2.75, 3.05) is 52.9 Å². The number of likely N-dealkylation sites (tertiary alicyclic amines) is 1. The lowest BCUT2D eigenvalue weighted by molar-refractivity contribution is 0.255. The third-order valence-corrected chi connectivity index (χ3v) is 5.24. The standard InChI is InChI=1S/C21H36N4O2/c1-5-22-21(25-13-11-18(16-25)15-24(6-2)7-3)23-12-10-17-8-9-19(26)20(14-17)27-4/h8-9,14,18,26H,5-7,10-13,15-16H2,1-4H3,(H,22,23). The van der Waals surface area contributed by atoms with Gasteiger partial charge in [0.2, 0.25) is 0 Å². The van der Waals surface area contributed by atoms with Crippen LogP contribution in [0.4, 0.5) is 0 Å². The molecule has 1 aliphatic heterocycles. The summed E-state index contributed by atoms with van der Waals surface area (Å²) < 4.78 is 5.18. The van der Waals surface area contributed by atoms with Crippen LogP contribution in [0.25, 0.3) is 0 Å². The molecule has 2 N–H and O–H groups in total. The summed E-state index contributed by atoms with van der Waals surface area (Å²) in [6.07, 6.45) is 2.05. The van der Waals surface area contributed by atoms with Gasteiger partial charge < -0.3 is 25.0 Å². The van der Waals surface area contributed by atoms with E-state index in [9.17, 15) is 5.11 Å². The number of aliphatic imine (C=N–C) groups is 1. The smallest absolute Gasteiger partial charge is 0.193 e. The highest BCUT2D eigenvalue weighted by Crippen LogP contribution is 2.26. The normalized spacial score (nSPS) is 17.6. The van der Waals surface area contributed by atoms with E-state index in [4.69, 9.17) is 9.73 Å². The summed E-state index contributed by atoms with van der Waals surface area (Å²) in [5, 5.41) is 13.2. The van der Waals surface area contributed by atoms with Crippen molar-refractivity contribution < 1.29 is 9.84 Å². The van der Waals surface area contributed by atoms with Crippen molar-refractivity contribution in [3.63, 3.8) is 0 Å². The highest BCUT2D eigenvalue weighted by atomic mass is 16.5. The topological polar surface area (TPSA) is 60.3 Å². The highest BCUT2D eigenvalue weighted by molar-refractivity contribution is 5.80. The molecule has 0 saturated carbocycles. The second-order valence-electron chi connectivity index (χ2n) is 7.08. The molecule has 1 aliphatic rings. The molecule has 0 amide bonds. The van der Waals surface area contributed by atoms with E-state index in [1.165, 1.54) is 13.0 Å². The van der Waals surface area contributed by atoms with Crippen molar-refractivity contribution in [3.05, 3.63) is 23.8 Å². The van der Waals surface area contributed by atoms with E-state index in [1.54, 1.807) is 13.2 Å². The minimum atomic E-state index is 0.175. The van der Waals surface area contributed by atoms with Gasteiger partial charge in [0, 0.05) is 32.7 Å². The zero-order chi connectivity index (χ0) is 19.6. The molecule has 152 valence electrons. The maximum absolute atomic E-state index is 9.71. The zero-order valence-electron chi connectivity index (χ0n) is 17.4. The van der Waals surface area contributed by atoms with Crippen molar-refractivity contribution in [3.8, 4) is 11.5 Å². The van der Waals surface area contributed by atoms with Crippen LogP contribution < -0.4 is 10.1 Å². The van der Waals surface area contributed by atoms with Crippen LogP contribution in [0.3, 0.4) is 0 Å². The number of nitrogens with one attached hydrogen (secondary N) is 1. The van der Waals surface area contributed by atoms with Gasteiger partial charge >= 0.3 is 0 Å². The van der Waals surface area contributed by atoms with Crippen LogP contribution in [0.5, 0.6) is 11.5 Å². The third-order valence-electron chi connectivity index (χ3n) is 5.24. The Labute approximate surface area is 164 Å². The summed E-state index contributed by atoms with van der Waals surface area (Å²) in [6.45, 7) is 13.8. The number of nitrogens with zero attached hydrogens (tertiary/aromatic N) is 3. The fourth-order valence-electron chi connectivity index (χ4n) is 3.62. The maximum atomic E-state index is 9.71. The molecular formula is C21H36N4O2. The molecule has 0 spiro atoms. The Morgan fingerprint density at radius 2 is 2.11 bits per heavy atom. The first-order chi connectivity index (χ1) is 13.1. The molecule has 0 radical (unpaired) electrons. The van der Waals surface area contributed by atoms with Crippen LogP contribution in [-0.2, 0) is 6.42 Å². The number of hydrogen-bond acceptors (Lipinski definition) is 4. The lowest BCUT2D eigenvalue weighted by Crippen LogP contribution is -2.41. The predicted molar refractivity (Wildman–Crippen MR) is 112 cm³/mol. The molecule has 0 aliphatic carbocycles. The van der Waals surface area contributed by atoms with Gasteiger partial charge in [-0.05, 0) is 56.5 Å². The van der Waals surface area contributed by atoms with Crippen molar-refractivity contribution in [2.45, 2.75) is 33.6 Å². The van der Waals surface area contributed by atoms with Crippen LogP contribution in [0.15, 0.2) is 23.2 Å². The van der Waals surface area contributed by atoms with Crippen LogP contribution in [0.2, 0.25) is 0 Å². The van der Waals surface area contributed by atoms with Gasteiger partial charge in [-0.2, -0.15) is 0 Å². The van der Waals surface area contributed by atoms with E-state index in [2.05, 4.69) is 35.9 Å². The second kappa shape index (κ2) is 11.0.